The van der Waals surface area contributed by atoms with Crippen molar-refractivity contribution in [3.05, 3.63) is 35.5 Å². The van der Waals surface area contributed by atoms with Gasteiger partial charge in [-0.15, -0.1) is 0 Å². The molecule has 1 aromatic carbocycles. The number of hydrogen-bond donors (Lipinski definition) is 2. The molecule has 0 saturated heterocycles. The Morgan fingerprint density at radius 2 is 2.21 bits per heavy atom. The predicted octanol–water partition coefficient (Wildman–Crippen LogP) is 4.18. The summed E-state index contributed by atoms with van der Waals surface area (Å²) in [5.74, 6) is 0.759. The number of aromatic amines is 1. The van der Waals surface area contributed by atoms with Crippen molar-refractivity contribution >= 4 is 10.9 Å². The maximum atomic E-state index is 3.76. The molecule has 0 saturated carbocycles. The first-order chi connectivity index (χ1) is 9.29. The fraction of sp³-hybridized carbons (Fsp3) is 0.529. The largest absolute Gasteiger partial charge is 0.357 e. The van der Waals surface area contributed by atoms with Crippen molar-refractivity contribution in [3.63, 3.8) is 0 Å². The summed E-state index contributed by atoms with van der Waals surface area (Å²) in [4.78, 5) is 3.65. The SMILES string of the molecule is CCC(C)CNC1CCCc2c1[nH]c1ccccc21. The average molecular weight is 256 g/mol. The van der Waals surface area contributed by atoms with E-state index in [1.165, 1.54) is 42.3 Å². The zero-order chi connectivity index (χ0) is 13.2. The highest BCUT2D eigenvalue weighted by Gasteiger charge is 2.23. The molecule has 1 aliphatic rings. The van der Waals surface area contributed by atoms with Gasteiger partial charge in [-0.3, -0.25) is 0 Å². The van der Waals surface area contributed by atoms with Gasteiger partial charge in [0.25, 0.3) is 0 Å². The number of hydrogen-bond acceptors (Lipinski definition) is 1. The molecule has 3 rings (SSSR count). The van der Waals surface area contributed by atoms with E-state index in [1.807, 2.05) is 0 Å². The van der Waals surface area contributed by atoms with Gasteiger partial charge in [-0.2, -0.15) is 0 Å². The summed E-state index contributed by atoms with van der Waals surface area (Å²) >= 11 is 0. The van der Waals surface area contributed by atoms with E-state index in [-0.39, 0.29) is 0 Å². The van der Waals surface area contributed by atoms with Gasteiger partial charge in [-0.05, 0) is 43.4 Å². The third-order valence-electron chi connectivity index (χ3n) is 4.52. The van der Waals surface area contributed by atoms with Crippen LogP contribution in [0.3, 0.4) is 0 Å². The van der Waals surface area contributed by atoms with Crippen LogP contribution in [-0.4, -0.2) is 11.5 Å². The molecule has 1 heterocycles. The monoisotopic (exact) mass is 256 g/mol. The highest BCUT2D eigenvalue weighted by Crippen LogP contribution is 2.34. The number of nitrogens with one attached hydrogen (secondary N) is 2. The van der Waals surface area contributed by atoms with E-state index in [1.54, 1.807) is 5.56 Å². The number of aromatic nitrogens is 1. The van der Waals surface area contributed by atoms with Gasteiger partial charge in [-0.25, -0.2) is 0 Å². The molecule has 0 radical (unpaired) electrons. The second kappa shape index (κ2) is 5.38. The van der Waals surface area contributed by atoms with Gasteiger partial charge in [0.05, 0.1) is 0 Å². The highest BCUT2D eigenvalue weighted by atomic mass is 15.0. The highest BCUT2D eigenvalue weighted by molar-refractivity contribution is 5.85. The maximum Gasteiger partial charge on any atom is 0.0476 e. The van der Waals surface area contributed by atoms with Crippen LogP contribution in [-0.2, 0) is 6.42 Å². The van der Waals surface area contributed by atoms with Gasteiger partial charge < -0.3 is 10.3 Å². The van der Waals surface area contributed by atoms with E-state index >= 15 is 0 Å². The molecular weight excluding hydrogens is 232 g/mol. The van der Waals surface area contributed by atoms with Crippen LogP contribution in [0.15, 0.2) is 24.3 Å². The molecule has 2 N–H and O–H groups in total. The summed E-state index contributed by atoms with van der Waals surface area (Å²) in [6, 6.07) is 9.23. The minimum atomic E-state index is 0.519. The van der Waals surface area contributed by atoms with Gasteiger partial charge in [-0.1, -0.05) is 38.5 Å². The second-order valence-electron chi connectivity index (χ2n) is 5.93. The van der Waals surface area contributed by atoms with E-state index in [0.29, 0.717) is 6.04 Å². The third kappa shape index (κ3) is 2.42. The number of aryl methyl sites for hydroxylation is 1. The van der Waals surface area contributed by atoms with Crippen molar-refractivity contribution in [1.29, 1.82) is 0 Å². The van der Waals surface area contributed by atoms with Crippen molar-refractivity contribution in [2.45, 2.75) is 45.6 Å². The Hall–Kier alpha value is -1.28. The predicted molar refractivity (Wildman–Crippen MR) is 81.4 cm³/mol. The topological polar surface area (TPSA) is 27.8 Å². The molecule has 0 bridgehead atoms. The fourth-order valence-electron chi connectivity index (χ4n) is 3.11. The minimum absolute atomic E-state index is 0.519. The molecule has 1 aliphatic carbocycles. The van der Waals surface area contributed by atoms with Crippen LogP contribution >= 0.6 is 0 Å². The lowest BCUT2D eigenvalue weighted by Crippen LogP contribution is -2.29. The molecular formula is C17H24N2. The first-order valence-electron chi connectivity index (χ1n) is 7.62. The quantitative estimate of drug-likeness (QED) is 0.843. The van der Waals surface area contributed by atoms with Gasteiger partial charge in [0.1, 0.15) is 0 Å². The maximum absolute atomic E-state index is 3.76. The first kappa shape index (κ1) is 12.7. The van der Waals surface area contributed by atoms with Crippen LogP contribution in [0.2, 0.25) is 0 Å². The zero-order valence-corrected chi connectivity index (χ0v) is 12.0. The Morgan fingerprint density at radius 1 is 1.37 bits per heavy atom. The van der Waals surface area contributed by atoms with Crippen LogP contribution in [0.5, 0.6) is 0 Å². The smallest absolute Gasteiger partial charge is 0.0476 e. The fourth-order valence-corrected chi connectivity index (χ4v) is 3.11. The normalized spacial score (nSPS) is 20.4. The van der Waals surface area contributed by atoms with Gasteiger partial charge in [0.2, 0.25) is 0 Å². The Bertz CT molecular complexity index is 555. The van der Waals surface area contributed by atoms with E-state index in [4.69, 9.17) is 0 Å². The Kier molecular flexibility index (Phi) is 3.61. The molecule has 2 aromatic rings. The Morgan fingerprint density at radius 3 is 3.05 bits per heavy atom. The molecule has 1 aromatic heterocycles. The summed E-state index contributed by atoms with van der Waals surface area (Å²) in [5, 5.41) is 5.18. The van der Waals surface area contributed by atoms with E-state index < -0.39 is 0 Å². The van der Waals surface area contributed by atoms with Gasteiger partial charge >= 0.3 is 0 Å². The lowest BCUT2D eigenvalue weighted by atomic mass is 9.91. The van der Waals surface area contributed by atoms with Crippen LogP contribution in [0.4, 0.5) is 0 Å². The second-order valence-corrected chi connectivity index (χ2v) is 5.93. The summed E-state index contributed by atoms with van der Waals surface area (Å²) < 4.78 is 0. The van der Waals surface area contributed by atoms with Crippen molar-refractivity contribution in [3.8, 4) is 0 Å². The number of fused-ring (bicyclic) bond motifs is 3. The average Bonchev–Trinajstić information content (AvgIpc) is 2.84. The molecule has 0 fully saturated rings. The number of H-pyrrole nitrogens is 1. The van der Waals surface area contributed by atoms with Crippen LogP contribution in [0.1, 0.15) is 50.4 Å². The molecule has 102 valence electrons. The van der Waals surface area contributed by atoms with Gasteiger partial charge in [0.15, 0.2) is 0 Å². The third-order valence-corrected chi connectivity index (χ3v) is 4.52. The van der Waals surface area contributed by atoms with Crippen molar-refractivity contribution in [2.75, 3.05) is 6.54 Å². The molecule has 0 aliphatic heterocycles. The van der Waals surface area contributed by atoms with Crippen molar-refractivity contribution in [1.82, 2.24) is 10.3 Å². The van der Waals surface area contributed by atoms with Crippen LogP contribution < -0.4 is 5.32 Å². The lowest BCUT2D eigenvalue weighted by molar-refractivity contribution is 0.404. The van der Waals surface area contributed by atoms with E-state index in [0.717, 1.165) is 12.5 Å². The zero-order valence-electron chi connectivity index (χ0n) is 12.0. The van der Waals surface area contributed by atoms with Crippen molar-refractivity contribution < 1.29 is 0 Å². The number of benzene rings is 1. The van der Waals surface area contributed by atoms with E-state index in [2.05, 4.69) is 48.4 Å². The van der Waals surface area contributed by atoms with E-state index in [9.17, 15) is 0 Å². The Labute approximate surface area is 115 Å². The molecule has 2 atom stereocenters. The summed E-state index contributed by atoms with van der Waals surface area (Å²) in [6.45, 7) is 5.71. The van der Waals surface area contributed by atoms with Crippen molar-refractivity contribution in [2.24, 2.45) is 5.92 Å². The first-order valence-corrected chi connectivity index (χ1v) is 7.62. The number of para-hydroxylation sites is 1. The molecule has 0 spiro atoms. The summed E-state index contributed by atoms with van der Waals surface area (Å²) in [7, 11) is 0. The van der Waals surface area contributed by atoms with Crippen LogP contribution in [0, 0.1) is 5.92 Å². The molecule has 0 amide bonds. The summed E-state index contributed by atoms with van der Waals surface area (Å²) in [6.07, 6.45) is 5.03. The standard InChI is InChI=1S/C17H24N2/c1-3-12(2)11-18-16-10-6-8-14-13-7-4-5-9-15(13)19-17(14)16/h4-5,7,9,12,16,18-19H,3,6,8,10-11H2,1-2H3. The molecule has 2 unspecified atom stereocenters. The lowest BCUT2D eigenvalue weighted by Gasteiger charge is -2.25. The molecule has 19 heavy (non-hydrogen) atoms. The Balaban J connectivity index is 1.87. The minimum Gasteiger partial charge on any atom is -0.357 e. The summed E-state index contributed by atoms with van der Waals surface area (Å²) in [5.41, 5.74) is 4.28. The molecule has 2 heteroatoms. The molecule has 2 nitrogen and oxygen atoms in total. The van der Waals surface area contributed by atoms with Gasteiger partial charge in [0, 0.05) is 22.6 Å². The number of rotatable bonds is 4. The van der Waals surface area contributed by atoms with Crippen LogP contribution in [0.25, 0.3) is 10.9 Å².